The molecule has 1 heterocycles. The van der Waals surface area contributed by atoms with E-state index in [1.54, 1.807) is 6.92 Å². The van der Waals surface area contributed by atoms with Crippen LogP contribution >= 0.6 is 0 Å². The highest BCUT2D eigenvalue weighted by Gasteiger charge is 2.30. The Kier molecular flexibility index (Phi) is 7.78. The van der Waals surface area contributed by atoms with Crippen LogP contribution in [0.4, 0.5) is 26.3 Å². The van der Waals surface area contributed by atoms with Crippen molar-refractivity contribution in [1.82, 2.24) is 15.6 Å². The van der Waals surface area contributed by atoms with Crippen LogP contribution in [-0.2, 0) is 6.18 Å². The van der Waals surface area contributed by atoms with Crippen molar-refractivity contribution in [2.24, 2.45) is 4.99 Å². The van der Waals surface area contributed by atoms with Crippen LogP contribution in [0, 0.1) is 0 Å². The summed E-state index contributed by atoms with van der Waals surface area (Å²) in [4.78, 5) is 7.29. The fraction of sp³-hybridized carbons (Fsp3) is 0.571. The Morgan fingerprint density at radius 1 is 1.16 bits per heavy atom. The Morgan fingerprint density at radius 3 is 2.40 bits per heavy atom. The molecule has 5 nitrogen and oxygen atoms in total. The van der Waals surface area contributed by atoms with Gasteiger partial charge in [0.15, 0.2) is 5.96 Å². The maximum Gasteiger partial charge on any atom is 0.417 e. The Hall–Kier alpha value is -2.20. The van der Waals surface area contributed by atoms with E-state index in [1.165, 1.54) is 0 Å². The number of alkyl halides is 6. The summed E-state index contributed by atoms with van der Waals surface area (Å²) in [6.45, 7) is 2.02. The molecule has 11 heteroatoms. The lowest BCUT2D eigenvalue weighted by Gasteiger charge is -2.12. The summed E-state index contributed by atoms with van der Waals surface area (Å²) in [5, 5.41) is 5.52. The third-order valence-electron chi connectivity index (χ3n) is 2.72. The van der Waals surface area contributed by atoms with Crippen LogP contribution in [0.5, 0.6) is 5.88 Å². The summed E-state index contributed by atoms with van der Waals surface area (Å²) < 4.78 is 78.5. The quantitative estimate of drug-likeness (QED) is 0.334. The Balaban J connectivity index is 2.39. The van der Waals surface area contributed by atoms with Gasteiger partial charge in [-0.25, -0.2) is 4.98 Å². The second-order valence-corrected chi connectivity index (χ2v) is 4.78. The van der Waals surface area contributed by atoms with Crippen molar-refractivity contribution in [2.75, 3.05) is 26.2 Å². The molecule has 0 aromatic carbocycles. The van der Waals surface area contributed by atoms with Gasteiger partial charge in [0.1, 0.15) is 6.61 Å². The largest absolute Gasteiger partial charge is 0.476 e. The second-order valence-electron chi connectivity index (χ2n) is 4.78. The Labute approximate surface area is 140 Å². The molecule has 0 radical (unpaired) electrons. The lowest BCUT2D eigenvalue weighted by atomic mass is 10.3. The predicted octanol–water partition coefficient (Wildman–Crippen LogP) is 2.99. The number of ether oxygens (including phenoxy) is 1. The van der Waals surface area contributed by atoms with E-state index in [0.717, 1.165) is 12.1 Å². The van der Waals surface area contributed by atoms with Gasteiger partial charge >= 0.3 is 12.4 Å². The molecule has 1 aromatic rings. The molecule has 1 aromatic heterocycles. The van der Waals surface area contributed by atoms with E-state index in [9.17, 15) is 26.3 Å². The first-order chi connectivity index (χ1) is 11.6. The van der Waals surface area contributed by atoms with E-state index >= 15 is 0 Å². The molecule has 0 aliphatic carbocycles. The molecule has 0 amide bonds. The average molecular weight is 372 g/mol. The van der Waals surface area contributed by atoms with Crippen LogP contribution in [0.15, 0.2) is 23.3 Å². The highest BCUT2D eigenvalue weighted by atomic mass is 19.4. The topological polar surface area (TPSA) is 58.5 Å². The third-order valence-corrected chi connectivity index (χ3v) is 2.72. The zero-order valence-corrected chi connectivity index (χ0v) is 13.3. The molecule has 0 aliphatic rings. The Morgan fingerprint density at radius 2 is 1.88 bits per heavy atom. The third kappa shape index (κ3) is 9.01. The summed E-state index contributed by atoms with van der Waals surface area (Å²) in [7, 11) is 0. The van der Waals surface area contributed by atoms with Gasteiger partial charge in [-0.05, 0) is 13.0 Å². The minimum Gasteiger partial charge on any atom is -0.476 e. The molecule has 0 fully saturated rings. The van der Waals surface area contributed by atoms with Gasteiger partial charge in [0.2, 0.25) is 5.88 Å². The van der Waals surface area contributed by atoms with Gasteiger partial charge < -0.3 is 15.4 Å². The van der Waals surface area contributed by atoms with E-state index < -0.39 is 30.9 Å². The maximum atomic E-state index is 12.4. The summed E-state index contributed by atoms with van der Waals surface area (Å²) in [5.74, 6) is 0.199. The first-order valence-corrected chi connectivity index (χ1v) is 7.37. The molecule has 0 saturated heterocycles. The van der Waals surface area contributed by atoms with Crippen LogP contribution in [0.25, 0.3) is 0 Å². The maximum absolute atomic E-state index is 12.4. The molecule has 2 N–H and O–H groups in total. The first kappa shape index (κ1) is 20.8. The molecular weight excluding hydrogens is 354 g/mol. The van der Waals surface area contributed by atoms with Crippen molar-refractivity contribution in [1.29, 1.82) is 0 Å². The predicted molar refractivity (Wildman–Crippen MR) is 79.4 cm³/mol. The molecule has 25 heavy (non-hydrogen) atoms. The van der Waals surface area contributed by atoms with Crippen molar-refractivity contribution in [3.8, 4) is 5.88 Å². The number of nitrogens with one attached hydrogen (secondary N) is 2. The number of guanidine groups is 1. The molecule has 0 saturated carbocycles. The summed E-state index contributed by atoms with van der Waals surface area (Å²) in [5.41, 5.74) is -0.885. The van der Waals surface area contributed by atoms with E-state index in [2.05, 4.69) is 20.6 Å². The number of aliphatic imine (C=N–C) groups is 1. The fourth-order valence-corrected chi connectivity index (χ4v) is 1.59. The molecule has 0 spiro atoms. The Bertz CT molecular complexity index is 542. The smallest absolute Gasteiger partial charge is 0.417 e. The number of halogens is 6. The van der Waals surface area contributed by atoms with Gasteiger partial charge in [0.05, 0.1) is 25.1 Å². The molecule has 142 valence electrons. The molecule has 0 bridgehead atoms. The van der Waals surface area contributed by atoms with Crippen LogP contribution in [-0.4, -0.2) is 43.4 Å². The number of hydrogen-bond donors (Lipinski definition) is 2. The monoisotopic (exact) mass is 372 g/mol. The molecule has 0 aliphatic heterocycles. The summed E-state index contributed by atoms with van der Waals surface area (Å²) in [6, 6.07) is 1.93. The zero-order chi connectivity index (χ0) is 18.9. The van der Waals surface area contributed by atoms with Gasteiger partial charge in [0, 0.05) is 18.8 Å². The number of nitrogens with zero attached hydrogens (tertiary/aromatic N) is 2. The molecular formula is C14H18F6N4O. The van der Waals surface area contributed by atoms with Crippen LogP contribution in [0.1, 0.15) is 18.9 Å². The van der Waals surface area contributed by atoms with E-state index in [-0.39, 0.29) is 25.0 Å². The van der Waals surface area contributed by atoms with Gasteiger partial charge in [-0.2, -0.15) is 26.3 Å². The van der Waals surface area contributed by atoms with Gasteiger partial charge in [-0.15, -0.1) is 0 Å². The molecule has 0 unspecified atom stereocenters. The second kappa shape index (κ2) is 9.33. The van der Waals surface area contributed by atoms with Gasteiger partial charge in [-0.3, -0.25) is 4.99 Å². The number of rotatable bonds is 7. The standard InChI is InChI=1S/C14H18F6N4O/c1-2-21-12(22-6-5-13(15,16)17)23-7-8-25-11-4-3-10(9-24-11)14(18,19)20/h3-4,9H,2,5-8H2,1H3,(H2,21,22,23). The van der Waals surface area contributed by atoms with Crippen molar-refractivity contribution in [2.45, 2.75) is 25.7 Å². The fourth-order valence-electron chi connectivity index (χ4n) is 1.59. The van der Waals surface area contributed by atoms with Crippen molar-refractivity contribution in [3.05, 3.63) is 23.9 Å². The van der Waals surface area contributed by atoms with E-state index in [1.807, 2.05) is 0 Å². The minimum absolute atomic E-state index is 0.00816. The lowest BCUT2D eigenvalue weighted by Crippen LogP contribution is -2.39. The molecule has 0 atom stereocenters. The highest BCUT2D eigenvalue weighted by Crippen LogP contribution is 2.29. The zero-order valence-electron chi connectivity index (χ0n) is 13.3. The number of hydrogen-bond acceptors (Lipinski definition) is 3. The SMILES string of the molecule is CCNC(=NCCC(F)(F)F)NCCOc1ccc(C(F)(F)F)cn1. The van der Waals surface area contributed by atoms with Gasteiger partial charge in [0.25, 0.3) is 0 Å². The van der Waals surface area contributed by atoms with Crippen LogP contribution in [0.2, 0.25) is 0 Å². The highest BCUT2D eigenvalue weighted by molar-refractivity contribution is 5.79. The lowest BCUT2D eigenvalue weighted by molar-refractivity contribution is -0.138. The normalized spacial score (nSPS) is 12.8. The minimum atomic E-state index is -4.47. The molecule has 1 rings (SSSR count). The van der Waals surface area contributed by atoms with Crippen molar-refractivity contribution >= 4 is 5.96 Å². The number of aromatic nitrogens is 1. The van der Waals surface area contributed by atoms with E-state index in [4.69, 9.17) is 4.74 Å². The number of pyridine rings is 1. The average Bonchev–Trinajstić information content (AvgIpc) is 2.50. The van der Waals surface area contributed by atoms with Crippen molar-refractivity contribution < 1.29 is 31.1 Å². The van der Waals surface area contributed by atoms with E-state index in [0.29, 0.717) is 12.7 Å². The van der Waals surface area contributed by atoms with Gasteiger partial charge in [-0.1, -0.05) is 0 Å². The van der Waals surface area contributed by atoms with Crippen LogP contribution < -0.4 is 15.4 Å². The summed E-state index contributed by atoms with van der Waals surface area (Å²) in [6.07, 6.45) is -9.13. The summed E-state index contributed by atoms with van der Waals surface area (Å²) >= 11 is 0. The van der Waals surface area contributed by atoms with Crippen LogP contribution in [0.3, 0.4) is 0 Å². The first-order valence-electron chi connectivity index (χ1n) is 7.37. The van der Waals surface area contributed by atoms with Crippen molar-refractivity contribution in [3.63, 3.8) is 0 Å².